The lowest BCUT2D eigenvalue weighted by molar-refractivity contribution is -0.137. The molecule has 1 heterocycles. The number of benzene rings is 2. The molecule has 1 aliphatic rings. The molecule has 0 amide bonds. The van der Waals surface area contributed by atoms with Crippen molar-refractivity contribution in [3.63, 3.8) is 0 Å². The third kappa shape index (κ3) is 2.23. The molecule has 0 spiro atoms. The maximum Gasteiger partial charge on any atom is 0.416 e. The first-order chi connectivity index (χ1) is 8.93. The summed E-state index contributed by atoms with van der Waals surface area (Å²) in [7, 11) is 0. The second-order valence-electron chi connectivity index (χ2n) is 4.12. The highest BCUT2D eigenvalue weighted by Crippen LogP contribution is 2.46. The molecule has 2 N–H and O–H groups in total. The second-order valence-corrected chi connectivity index (χ2v) is 5.20. The molecule has 98 valence electrons. The Balaban J connectivity index is 2.03. The van der Waals surface area contributed by atoms with Gasteiger partial charge < -0.3 is 10.4 Å². The Bertz CT molecular complexity index is 655. The number of phenolic OH excluding ortho intramolecular Hbond substituents is 1. The molecule has 19 heavy (non-hydrogen) atoms. The van der Waals surface area contributed by atoms with Gasteiger partial charge in [-0.25, -0.2) is 0 Å². The topological polar surface area (TPSA) is 32.3 Å². The minimum absolute atomic E-state index is 0.128. The number of nitrogens with one attached hydrogen (secondary N) is 1. The Morgan fingerprint density at radius 1 is 0.947 bits per heavy atom. The van der Waals surface area contributed by atoms with Crippen LogP contribution in [0.25, 0.3) is 0 Å². The molecule has 0 atom stereocenters. The molecule has 0 radical (unpaired) electrons. The lowest BCUT2D eigenvalue weighted by atomic mass is 10.2. The summed E-state index contributed by atoms with van der Waals surface area (Å²) in [5.41, 5.74) is 0.439. The Morgan fingerprint density at radius 2 is 1.74 bits per heavy atom. The van der Waals surface area contributed by atoms with Crippen molar-refractivity contribution >= 4 is 23.1 Å². The van der Waals surface area contributed by atoms with E-state index in [1.165, 1.54) is 23.9 Å². The second kappa shape index (κ2) is 4.09. The lowest BCUT2D eigenvalue weighted by Gasteiger charge is -2.22. The van der Waals surface area contributed by atoms with Crippen molar-refractivity contribution in [3.8, 4) is 5.75 Å². The summed E-state index contributed by atoms with van der Waals surface area (Å²) >= 11 is 1.33. The smallest absolute Gasteiger partial charge is 0.416 e. The normalized spacial score (nSPS) is 13.4. The Hall–Kier alpha value is -1.82. The highest BCUT2D eigenvalue weighted by Gasteiger charge is 2.31. The van der Waals surface area contributed by atoms with Crippen LogP contribution in [-0.4, -0.2) is 5.11 Å². The average molecular weight is 283 g/mol. The molecule has 0 fully saturated rings. The van der Waals surface area contributed by atoms with Crippen LogP contribution in [0.5, 0.6) is 5.75 Å². The van der Waals surface area contributed by atoms with Crippen molar-refractivity contribution in [2.75, 3.05) is 5.32 Å². The van der Waals surface area contributed by atoms with Gasteiger partial charge in [-0.15, -0.1) is 0 Å². The predicted octanol–water partition coefficient (Wildman–Crippen LogP) is 4.62. The van der Waals surface area contributed by atoms with E-state index in [1.807, 2.05) is 0 Å². The average Bonchev–Trinajstić information content (AvgIpc) is 2.34. The van der Waals surface area contributed by atoms with Gasteiger partial charge in [0.25, 0.3) is 0 Å². The van der Waals surface area contributed by atoms with Crippen LogP contribution in [0.1, 0.15) is 5.56 Å². The van der Waals surface area contributed by atoms with Crippen LogP contribution in [0.2, 0.25) is 0 Å². The molecule has 0 unspecified atom stereocenters. The number of halogens is 3. The van der Waals surface area contributed by atoms with Gasteiger partial charge in [0.15, 0.2) is 0 Å². The van der Waals surface area contributed by atoms with E-state index in [1.54, 1.807) is 12.1 Å². The summed E-state index contributed by atoms with van der Waals surface area (Å²) in [4.78, 5) is 1.48. The van der Waals surface area contributed by atoms with E-state index in [0.29, 0.717) is 16.3 Å². The highest BCUT2D eigenvalue weighted by atomic mass is 32.2. The summed E-state index contributed by atoms with van der Waals surface area (Å²) < 4.78 is 37.9. The molecule has 6 heteroatoms. The maximum atomic E-state index is 12.6. The predicted molar refractivity (Wildman–Crippen MR) is 67.0 cm³/mol. The van der Waals surface area contributed by atoms with Crippen LogP contribution in [0.15, 0.2) is 46.2 Å². The number of anilines is 2. The van der Waals surface area contributed by atoms with Crippen molar-refractivity contribution in [2.45, 2.75) is 16.0 Å². The third-order valence-corrected chi connectivity index (χ3v) is 3.89. The van der Waals surface area contributed by atoms with Crippen LogP contribution < -0.4 is 5.32 Å². The monoisotopic (exact) mass is 283 g/mol. The van der Waals surface area contributed by atoms with Crippen LogP contribution >= 0.6 is 11.8 Å². The van der Waals surface area contributed by atoms with Crippen molar-refractivity contribution in [2.24, 2.45) is 0 Å². The fraction of sp³-hybridized carbons (Fsp3) is 0.0769. The van der Waals surface area contributed by atoms with E-state index in [0.717, 1.165) is 17.0 Å². The number of rotatable bonds is 0. The molecule has 0 aliphatic carbocycles. The van der Waals surface area contributed by atoms with E-state index in [4.69, 9.17) is 0 Å². The summed E-state index contributed by atoms with van der Waals surface area (Å²) in [5, 5.41) is 12.3. The van der Waals surface area contributed by atoms with Gasteiger partial charge in [-0.2, -0.15) is 13.2 Å². The van der Waals surface area contributed by atoms with Crippen molar-refractivity contribution in [1.82, 2.24) is 0 Å². The summed E-state index contributed by atoms with van der Waals surface area (Å²) in [5.74, 6) is 0.128. The maximum absolute atomic E-state index is 12.6. The Kier molecular flexibility index (Phi) is 2.63. The molecule has 2 aromatic rings. The first-order valence-corrected chi connectivity index (χ1v) is 6.24. The minimum Gasteiger partial charge on any atom is -0.508 e. The Labute approximate surface area is 111 Å². The molecular formula is C13H8F3NOS. The minimum atomic E-state index is -4.35. The van der Waals surface area contributed by atoms with E-state index in [9.17, 15) is 18.3 Å². The quantitative estimate of drug-likeness (QED) is 0.590. The molecule has 2 nitrogen and oxygen atoms in total. The van der Waals surface area contributed by atoms with Crippen molar-refractivity contribution in [1.29, 1.82) is 0 Å². The van der Waals surface area contributed by atoms with Gasteiger partial charge in [-0.1, -0.05) is 11.8 Å². The third-order valence-electron chi connectivity index (χ3n) is 2.76. The van der Waals surface area contributed by atoms with Crippen molar-refractivity contribution < 1.29 is 18.3 Å². The van der Waals surface area contributed by atoms with Crippen molar-refractivity contribution in [3.05, 3.63) is 42.0 Å². The van der Waals surface area contributed by atoms with Gasteiger partial charge in [-0.05, 0) is 36.4 Å². The standard InChI is InChI=1S/C13H8F3NOS/c14-13(15,16)7-1-4-11-10(5-7)17-9-3-2-8(18)6-12(9)19-11/h1-6,17-18H. The SMILES string of the molecule is Oc1ccc2c(c1)Sc1ccc(C(F)(F)F)cc1N2. The molecule has 0 saturated heterocycles. The van der Waals surface area contributed by atoms with Crippen LogP contribution in [0.4, 0.5) is 24.5 Å². The molecule has 0 bridgehead atoms. The number of alkyl halides is 3. The fourth-order valence-electron chi connectivity index (χ4n) is 1.86. The molecular weight excluding hydrogens is 275 g/mol. The lowest BCUT2D eigenvalue weighted by Crippen LogP contribution is -2.07. The fourth-order valence-corrected chi connectivity index (χ4v) is 2.86. The van der Waals surface area contributed by atoms with E-state index < -0.39 is 11.7 Å². The summed E-state index contributed by atoms with van der Waals surface area (Å²) in [6.07, 6.45) is -4.35. The van der Waals surface area contributed by atoms with Gasteiger partial charge >= 0.3 is 6.18 Å². The molecule has 3 rings (SSSR count). The molecule has 2 aromatic carbocycles. The van der Waals surface area contributed by atoms with Crippen LogP contribution in [0, 0.1) is 0 Å². The van der Waals surface area contributed by atoms with Crippen LogP contribution in [-0.2, 0) is 6.18 Å². The number of hydrogen-bond acceptors (Lipinski definition) is 3. The number of fused-ring (bicyclic) bond motifs is 2. The molecule has 0 saturated carbocycles. The Morgan fingerprint density at radius 3 is 2.47 bits per heavy atom. The zero-order valence-corrected chi connectivity index (χ0v) is 10.3. The number of phenols is 1. The van der Waals surface area contributed by atoms with Gasteiger partial charge in [0, 0.05) is 9.79 Å². The number of aromatic hydroxyl groups is 1. The summed E-state index contributed by atoms with van der Waals surface area (Å²) in [6, 6.07) is 8.29. The zero-order chi connectivity index (χ0) is 13.6. The molecule has 1 aliphatic heterocycles. The van der Waals surface area contributed by atoms with Crippen LogP contribution in [0.3, 0.4) is 0 Å². The van der Waals surface area contributed by atoms with Gasteiger partial charge in [0.1, 0.15) is 5.75 Å². The largest absolute Gasteiger partial charge is 0.508 e. The van der Waals surface area contributed by atoms with E-state index in [2.05, 4.69) is 5.32 Å². The summed E-state index contributed by atoms with van der Waals surface area (Å²) in [6.45, 7) is 0. The highest BCUT2D eigenvalue weighted by molar-refractivity contribution is 7.99. The van der Waals surface area contributed by atoms with Gasteiger partial charge in [0.05, 0.1) is 16.9 Å². The zero-order valence-electron chi connectivity index (χ0n) is 9.45. The van der Waals surface area contributed by atoms with E-state index in [-0.39, 0.29) is 5.75 Å². The van der Waals surface area contributed by atoms with Gasteiger partial charge in [-0.3, -0.25) is 0 Å². The number of hydrogen-bond donors (Lipinski definition) is 2. The first kappa shape index (κ1) is 12.2. The van der Waals surface area contributed by atoms with Gasteiger partial charge in [0.2, 0.25) is 0 Å². The first-order valence-electron chi connectivity index (χ1n) is 5.42. The molecule has 0 aromatic heterocycles. The van der Waals surface area contributed by atoms with E-state index >= 15 is 0 Å².